The van der Waals surface area contributed by atoms with Gasteiger partial charge < -0.3 is 20.2 Å². The van der Waals surface area contributed by atoms with Gasteiger partial charge in [-0.3, -0.25) is 0 Å². The van der Waals surface area contributed by atoms with Crippen molar-refractivity contribution in [2.45, 2.75) is 38.3 Å². The van der Waals surface area contributed by atoms with Crippen molar-refractivity contribution in [1.82, 2.24) is 0 Å². The van der Waals surface area contributed by atoms with Gasteiger partial charge in [0, 0.05) is 37.2 Å². The van der Waals surface area contributed by atoms with Crippen LogP contribution in [0.3, 0.4) is 0 Å². The van der Waals surface area contributed by atoms with Crippen LogP contribution in [0.1, 0.15) is 24.8 Å². The number of anilines is 2. The molecule has 2 saturated heterocycles. The lowest BCUT2D eigenvalue weighted by Crippen LogP contribution is -2.50. The Labute approximate surface area is 127 Å². The third-order valence-electron chi connectivity index (χ3n) is 5.27. The van der Waals surface area contributed by atoms with Crippen LogP contribution in [0.4, 0.5) is 11.4 Å². The number of likely N-dealkylation sites (tertiary alicyclic amines) is 1. The molecule has 2 fully saturated rings. The molecule has 116 valence electrons. The third kappa shape index (κ3) is 3.01. The molecule has 4 heteroatoms. The lowest BCUT2D eigenvalue weighted by atomic mass is 10.1. The van der Waals surface area contributed by atoms with E-state index >= 15 is 0 Å². The summed E-state index contributed by atoms with van der Waals surface area (Å²) in [7, 11) is 2.37. The van der Waals surface area contributed by atoms with Crippen LogP contribution in [0.15, 0.2) is 18.2 Å². The number of benzene rings is 1. The minimum Gasteiger partial charge on any atom is -0.399 e. The average molecular weight is 290 g/mol. The molecule has 1 aromatic rings. The second-order valence-electron chi connectivity index (χ2n) is 7.19. The average Bonchev–Trinajstić information content (AvgIpc) is 3.00. The number of quaternary nitrogens is 1. The number of aliphatic hydroxyl groups excluding tert-OH is 1. The Kier molecular flexibility index (Phi) is 3.84. The second-order valence-corrected chi connectivity index (χ2v) is 7.19. The van der Waals surface area contributed by atoms with Gasteiger partial charge in [0.05, 0.1) is 38.8 Å². The first-order valence-corrected chi connectivity index (χ1v) is 8.11. The van der Waals surface area contributed by atoms with E-state index < -0.39 is 0 Å². The van der Waals surface area contributed by atoms with Crippen LogP contribution in [-0.2, 0) is 0 Å². The molecule has 1 aromatic carbocycles. The highest BCUT2D eigenvalue weighted by molar-refractivity contribution is 5.59. The van der Waals surface area contributed by atoms with E-state index in [1.165, 1.54) is 31.6 Å². The first-order chi connectivity index (χ1) is 9.97. The lowest BCUT2D eigenvalue weighted by Gasteiger charge is -2.36. The maximum atomic E-state index is 10.1. The monoisotopic (exact) mass is 290 g/mol. The molecule has 2 aliphatic heterocycles. The molecule has 2 heterocycles. The highest BCUT2D eigenvalue weighted by Gasteiger charge is 2.38. The van der Waals surface area contributed by atoms with Crippen molar-refractivity contribution in [3.8, 4) is 0 Å². The maximum absolute atomic E-state index is 10.1. The fraction of sp³-hybridized carbons (Fsp3) is 0.647. The van der Waals surface area contributed by atoms with Gasteiger partial charge in [0.15, 0.2) is 0 Å². The Hall–Kier alpha value is -1.26. The number of likely N-dealkylation sites (N-methyl/N-ethyl adjacent to an activating group) is 1. The fourth-order valence-electron chi connectivity index (χ4n) is 4.01. The van der Waals surface area contributed by atoms with Crippen LogP contribution in [0.5, 0.6) is 0 Å². The van der Waals surface area contributed by atoms with Crippen LogP contribution in [0, 0.1) is 6.92 Å². The summed E-state index contributed by atoms with van der Waals surface area (Å²) < 4.78 is 1.15. The molecule has 2 atom stereocenters. The van der Waals surface area contributed by atoms with E-state index in [9.17, 15) is 5.11 Å². The minimum absolute atomic E-state index is 0.206. The molecular formula is C17H28N3O+. The lowest BCUT2D eigenvalue weighted by molar-refractivity contribution is -0.898. The van der Waals surface area contributed by atoms with Gasteiger partial charge >= 0.3 is 0 Å². The topological polar surface area (TPSA) is 49.5 Å². The van der Waals surface area contributed by atoms with E-state index in [0.717, 1.165) is 35.2 Å². The number of nitrogens with two attached hydrogens (primary N) is 1. The Bertz CT molecular complexity index is 511. The molecular weight excluding hydrogens is 262 g/mol. The van der Waals surface area contributed by atoms with Crippen molar-refractivity contribution in [3.05, 3.63) is 23.8 Å². The summed E-state index contributed by atoms with van der Waals surface area (Å²) in [4.78, 5) is 2.39. The highest BCUT2D eigenvalue weighted by Crippen LogP contribution is 2.30. The Morgan fingerprint density at radius 1 is 1.33 bits per heavy atom. The maximum Gasteiger partial charge on any atom is 0.0992 e. The summed E-state index contributed by atoms with van der Waals surface area (Å²) >= 11 is 0. The summed E-state index contributed by atoms with van der Waals surface area (Å²) in [6.45, 7) is 6.49. The van der Waals surface area contributed by atoms with Crippen LogP contribution in [-0.4, -0.2) is 55.0 Å². The summed E-state index contributed by atoms with van der Waals surface area (Å²) in [5.41, 5.74) is 9.10. The fourth-order valence-corrected chi connectivity index (χ4v) is 4.01. The van der Waals surface area contributed by atoms with Gasteiger partial charge in [-0.1, -0.05) is 0 Å². The standard InChI is InChI=1S/C17H28N3O/c1-13-9-14(5-6-17(13)18)19-11-16(21)10-15(19)12-20(2)7-3-4-8-20/h5-6,9,15-16,21H,3-4,7-8,10-12,18H2,1-2H3/q+1. The van der Waals surface area contributed by atoms with Gasteiger partial charge in [-0.05, 0) is 30.7 Å². The zero-order chi connectivity index (χ0) is 15.0. The second kappa shape index (κ2) is 5.50. The van der Waals surface area contributed by atoms with Crippen LogP contribution in [0.25, 0.3) is 0 Å². The van der Waals surface area contributed by atoms with E-state index in [1.54, 1.807) is 0 Å². The Morgan fingerprint density at radius 3 is 2.71 bits per heavy atom. The molecule has 21 heavy (non-hydrogen) atoms. The summed E-state index contributed by atoms with van der Waals surface area (Å²) in [5.74, 6) is 0. The zero-order valence-corrected chi connectivity index (χ0v) is 13.3. The number of aryl methyl sites for hydroxylation is 1. The number of hydrogen-bond donors (Lipinski definition) is 2. The predicted octanol–water partition coefficient (Wildman–Crippen LogP) is 1.76. The number of β-amino-alcohol motifs (C(OH)–C–C–N with tert-alkyl or cyclic N) is 1. The first-order valence-electron chi connectivity index (χ1n) is 8.11. The molecule has 0 radical (unpaired) electrons. The number of hydrogen-bond acceptors (Lipinski definition) is 3. The Balaban J connectivity index is 1.80. The quantitative estimate of drug-likeness (QED) is 0.659. The summed E-state index contributed by atoms with van der Waals surface area (Å²) in [5, 5.41) is 10.1. The SMILES string of the molecule is Cc1cc(N2CC(O)CC2C[N+]2(C)CCCC2)ccc1N. The predicted molar refractivity (Wildman–Crippen MR) is 87.4 cm³/mol. The molecule has 0 bridgehead atoms. The summed E-state index contributed by atoms with van der Waals surface area (Å²) in [6.07, 6.45) is 3.36. The van der Waals surface area contributed by atoms with Crippen molar-refractivity contribution in [2.75, 3.05) is 43.9 Å². The Morgan fingerprint density at radius 2 is 2.05 bits per heavy atom. The molecule has 0 spiro atoms. The molecule has 3 rings (SSSR count). The van der Waals surface area contributed by atoms with Crippen molar-refractivity contribution in [3.63, 3.8) is 0 Å². The molecule has 2 aliphatic rings. The normalized spacial score (nSPS) is 28.2. The van der Waals surface area contributed by atoms with Crippen molar-refractivity contribution >= 4 is 11.4 Å². The van der Waals surface area contributed by atoms with Gasteiger partial charge in [-0.15, -0.1) is 0 Å². The van der Waals surface area contributed by atoms with E-state index in [0.29, 0.717) is 6.04 Å². The number of nitrogen functional groups attached to an aromatic ring is 1. The van der Waals surface area contributed by atoms with Crippen LogP contribution < -0.4 is 10.6 Å². The molecule has 0 amide bonds. The molecule has 4 nitrogen and oxygen atoms in total. The van der Waals surface area contributed by atoms with Gasteiger partial charge in [-0.25, -0.2) is 0 Å². The van der Waals surface area contributed by atoms with Gasteiger partial charge in [0.25, 0.3) is 0 Å². The van der Waals surface area contributed by atoms with Crippen molar-refractivity contribution < 1.29 is 9.59 Å². The van der Waals surface area contributed by atoms with Gasteiger partial charge in [0.2, 0.25) is 0 Å². The van der Waals surface area contributed by atoms with Gasteiger partial charge in [0.1, 0.15) is 0 Å². The zero-order valence-electron chi connectivity index (χ0n) is 13.3. The summed E-state index contributed by atoms with van der Waals surface area (Å²) in [6, 6.07) is 6.67. The van der Waals surface area contributed by atoms with Gasteiger partial charge in [-0.2, -0.15) is 0 Å². The molecule has 0 aromatic heterocycles. The van der Waals surface area contributed by atoms with Crippen LogP contribution >= 0.6 is 0 Å². The number of aliphatic hydroxyl groups is 1. The molecule has 0 saturated carbocycles. The third-order valence-corrected chi connectivity index (χ3v) is 5.27. The van der Waals surface area contributed by atoms with Crippen molar-refractivity contribution in [2.24, 2.45) is 0 Å². The number of rotatable bonds is 3. The number of nitrogens with zero attached hydrogens (tertiary/aromatic N) is 2. The van der Waals surface area contributed by atoms with Crippen LogP contribution in [0.2, 0.25) is 0 Å². The highest BCUT2D eigenvalue weighted by atomic mass is 16.3. The minimum atomic E-state index is -0.206. The molecule has 0 aliphatic carbocycles. The van der Waals surface area contributed by atoms with E-state index in [-0.39, 0.29) is 6.10 Å². The van der Waals surface area contributed by atoms with E-state index in [2.05, 4.69) is 31.0 Å². The molecule has 2 unspecified atom stereocenters. The molecule has 3 N–H and O–H groups in total. The first kappa shape index (κ1) is 14.7. The smallest absolute Gasteiger partial charge is 0.0992 e. The van der Waals surface area contributed by atoms with E-state index in [4.69, 9.17) is 5.73 Å². The van der Waals surface area contributed by atoms with E-state index in [1.807, 2.05) is 6.07 Å². The van der Waals surface area contributed by atoms with Crippen molar-refractivity contribution in [1.29, 1.82) is 0 Å². The largest absolute Gasteiger partial charge is 0.399 e.